The quantitative estimate of drug-likeness (QED) is 0.264. The van der Waals surface area contributed by atoms with Crippen LogP contribution in [0.5, 0.6) is 0 Å². The molecule has 0 aromatic carbocycles. The van der Waals surface area contributed by atoms with Gasteiger partial charge in [0.05, 0.1) is 0 Å². The Balaban J connectivity index is 4.36. The number of rotatable bonds is 1. The molecule has 0 spiro atoms. The van der Waals surface area contributed by atoms with E-state index in [-0.39, 0.29) is 5.97 Å². The van der Waals surface area contributed by atoms with Crippen LogP contribution in [0.4, 0.5) is 0 Å². The van der Waals surface area contributed by atoms with Crippen LogP contribution in [0.15, 0.2) is 10.8 Å². The van der Waals surface area contributed by atoms with Gasteiger partial charge in [0.25, 0.3) is 0 Å². The van der Waals surface area contributed by atoms with E-state index in [4.69, 9.17) is 4.74 Å². The largest absolute Gasteiger partial charge is 0.457 e. The molecule has 0 aliphatic carbocycles. The predicted octanol–water partition coefficient (Wildman–Crippen LogP) is -1.60. The molecule has 0 N–H and O–H groups in total. The maximum absolute atomic E-state index is 11.3. The summed E-state index contributed by atoms with van der Waals surface area (Å²) >= 11 is 0. The predicted molar refractivity (Wildman–Crippen MR) is 58.5 cm³/mol. The molecule has 0 heterocycles. The first-order valence-corrected chi connectivity index (χ1v) is 4.11. The van der Waals surface area contributed by atoms with Gasteiger partial charge >= 0.3 is 5.97 Å². The van der Waals surface area contributed by atoms with Gasteiger partial charge in [-0.1, -0.05) is 0 Å². The maximum Gasteiger partial charge on any atom is 0.323 e. The Labute approximate surface area is 77.0 Å². The number of carbonyl (C=O) groups is 1. The smallest absolute Gasteiger partial charge is 0.323 e. The molecule has 2 nitrogen and oxygen atoms in total. The number of esters is 1. The highest BCUT2D eigenvalue weighted by Gasteiger charge is 2.17. The average Bonchev–Trinajstić information content (AvgIpc) is 1.82. The lowest BCUT2D eigenvalue weighted by Gasteiger charge is -2.20. The van der Waals surface area contributed by atoms with Crippen LogP contribution in [0.3, 0.4) is 0 Å². The van der Waals surface area contributed by atoms with Crippen LogP contribution < -0.4 is 0 Å². The van der Waals surface area contributed by atoms with Gasteiger partial charge in [0.2, 0.25) is 0 Å². The molecule has 0 aromatic rings. The highest BCUT2D eigenvalue weighted by Crippen LogP contribution is 2.09. The zero-order chi connectivity index (χ0) is 9.94. The summed E-state index contributed by atoms with van der Waals surface area (Å²) in [5, 5.41) is 1.00. The maximum atomic E-state index is 11.3. The Morgan fingerprint density at radius 1 is 1.17 bits per heavy atom. The topological polar surface area (TPSA) is 26.3 Å². The lowest BCUT2D eigenvalue weighted by molar-refractivity contribution is -0.149. The van der Waals surface area contributed by atoms with Crippen LogP contribution in [0.1, 0.15) is 20.8 Å². The van der Waals surface area contributed by atoms with Gasteiger partial charge < -0.3 is 4.74 Å². The van der Waals surface area contributed by atoms with Crippen molar-refractivity contribution in [3.63, 3.8) is 0 Å². The van der Waals surface area contributed by atoms with E-state index in [0.29, 0.717) is 5.47 Å². The summed E-state index contributed by atoms with van der Waals surface area (Å²) in [6.07, 6.45) is 0. The van der Waals surface area contributed by atoms with Crippen LogP contribution in [-0.2, 0) is 9.53 Å². The third-order valence-corrected chi connectivity index (χ3v) is 1.46. The number of ether oxygens (including phenoxy) is 1. The molecule has 0 amide bonds. The molecule has 0 unspecified atom stereocenters. The van der Waals surface area contributed by atoms with Crippen LogP contribution >= 0.6 is 0 Å². The first kappa shape index (κ1) is 11.4. The molecular formula is C7H15B3O2. The highest BCUT2D eigenvalue weighted by atomic mass is 16.6. The molecule has 0 aromatic heterocycles. The minimum atomic E-state index is -0.395. The molecule has 0 aliphatic heterocycles. The molecule has 0 rings (SSSR count). The van der Waals surface area contributed by atoms with Crippen molar-refractivity contribution >= 4 is 29.5 Å². The van der Waals surface area contributed by atoms with Crippen LogP contribution in [0.25, 0.3) is 0 Å². The fraction of sp³-hybridized carbons (Fsp3) is 0.571. The van der Waals surface area contributed by atoms with Crippen molar-refractivity contribution in [1.82, 2.24) is 0 Å². The van der Waals surface area contributed by atoms with E-state index >= 15 is 0 Å². The third-order valence-electron chi connectivity index (χ3n) is 1.46. The van der Waals surface area contributed by atoms with Crippen molar-refractivity contribution < 1.29 is 9.53 Å². The molecule has 0 fully saturated rings. The van der Waals surface area contributed by atoms with E-state index in [1.165, 1.54) is 0 Å². The Hall–Kier alpha value is -0.595. The molecule has 64 valence electrons. The van der Waals surface area contributed by atoms with Gasteiger partial charge in [0.15, 0.2) is 0 Å². The second-order valence-electron chi connectivity index (χ2n) is 4.13. The van der Waals surface area contributed by atoms with Crippen molar-refractivity contribution in [2.45, 2.75) is 26.4 Å². The first-order chi connectivity index (χ1) is 5.24. The fourth-order valence-corrected chi connectivity index (χ4v) is 0.559. The van der Waals surface area contributed by atoms with Crippen molar-refractivity contribution in [3.8, 4) is 0 Å². The normalized spacial score (nSPS) is 10.6. The Morgan fingerprint density at radius 2 is 1.58 bits per heavy atom. The Morgan fingerprint density at radius 3 is 1.83 bits per heavy atom. The van der Waals surface area contributed by atoms with E-state index < -0.39 is 5.60 Å². The van der Waals surface area contributed by atoms with Gasteiger partial charge in [-0.3, -0.25) is 0 Å². The van der Waals surface area contributed by atoms with Gasteiger partial charge in [0, 0.05) is 0 Å². The van der Waals surface area contributed by atoms with E-state index in [9.17, 15) is 4.79 Å². The highest BCUT2D eigenvalue weighted by molar-refractivity contribution is 6.55. The molecule has 0 saturated carbocycles. The Bertz CT molecular complexity index is 211. The van der Waals surface area contributed by atoms with E-state index in [0.717, 1.165) is 5.37 Å². The zero-order valence-corrected chi connectivity index (χ0v) is 8.82. The fourth-order valence-electron chi connectivity index (χ4n) is 0.559. The van der Waals surface area contributed by atoms with Crippen LogP contribution in [0.2, 0.25) is 0 Å². The van der Waals surface area contributed by atoms with E-state index in [2.05, 4.69) is 0 Å². The first-order valence-electron chi connectivity index (χ1n) is 4.11. The number of hydrogen-bond donors (Lipinski definition) is 0. The molecule has 0 radical (unpaired) electrons. The van der Waals surface area contributed by atoms with Crippen LogP contribution in [0, 0.1) is 0 Å². The van der Waals surface area contributed by atoms with Crippen molar-refractivity contribution in [3.05, 3.63) is 10.8 Å². The van der Waals surface area contributed by atoms with Gasteiger partial charge in [0.1, 0.15) is 29.1 Å². The molecule has 0 bridgehead atoms. The van der Waals surface area contributed by atoms with Crippen molar-refractivity contribution in [1.29, 1.82) is 0 Å². The molecule has 0 atom stereocenters. The Kier molecular flexibility index (Phi) is 3.69. The standard InChI is InChI=1S/C7H15B3O2/c1-7(2,3)12-6(11)4(8)5(9)10/h8-10H2,1-3H3. The van der Waals surface area contributed by atoms with Gasteiger partial charge in [-0.2, -0.15) is 0 Å². The molecule has 0 aliphatic rings. The second-order valence-corrected chi connectivity index (χ2v) is 4.13. The summed E-state index contributed by atoms with van der Waals surface area (Å²) in [6.45, 7) is 5.59. The average molecular weight is 164 g/mol. The summed E-state index contributed by atoms with van der Waals surface area (Å²) in [7, 11) is 5.59. The number of hydrogen-bond acceptors (Lipinski definition) is 2. The second kappa shape index (κ2) is 3.88. The summed E-state index contributed by atoms with van der Waals surface area (Å²) in [4.78, 5) is 11.3. The summed E-state index contributed by atoms with van der Waals surface area (Å²) in [6, 6.07) is 0. The van der Waals surface area contributed by atoms with Gasteiger partial charge in [-0.15, -0.1) is 5.37 Å². The molecule has 0 saturated heterocycles. The van der Waals surface area contributed by atoms with Gasteiger partial charge in [-0.05, 0) is 26.2 Å². The summed E-state index contributed by atoms with van der Waals surface area (Å²) in [5.41, 5.74) is 0.304. The van der Waals surface area contributed by atoms with Gasteiger partial charge in [-0.25, -0.2) is 4.79 Å². The van der Waals surface area contributed by atoms with E-state index in [1.54, 1.807) is 7.85 Å². The molecule has 5 heteroatoms. The summed E-state index contributed by atoms with van der Waals surface area (Å²) < 4.78 is 5.16. The zero-order valence-electron chi connectivity index (χ0n) is 8.82. The van der Waals surface area contributed by atoms with Crippen molar-refractivity contribution in [2.24, 2.45) is 0 Å². The minimum absolute atomic E-state index is 0.220. The monoisotopic (exact) mass is 164 g/mol. The number of carbonyl (C=O) groups excluding carboxylic acids is 1. The molecular weight excluding hydrogens is 149 g/mol. The third kappa shape index (κ3) is 4.32. The SMILES string of the molecule is BC(B)=C(B)C(=O)OC(C)(C)C. The lowest BCUT2D eigenvalue weighted by Crippen LogP contribution is -2.25. The lowest BCUT2D eigenvalue weighted by atomic mass is 9.69. The summed E-state index contributed by atoms with van der Waals surface area (Å²) in [5.74, 6) is -0.220. The van der Waals surface area contributed by atoms with Crippen LogP contribution in [-0.4, -0.2) is 35.1 Å². The van der Waals surface area contributed by atoms with Crippen molar-refractivity contribution in [2.75, 3.05) is 0 Å². The minimum Gasteiger partial charge on any atom is -0.457 e. The van der Waals surface area contributed by atoms with E-state index in [1.807, 2.05) is 36.5 Å². The molecule has 12 heavy (non-hydrogen) atoms.